The molecule has 1 amide bonds. The number of aryl methyl sites for hydroxylation is 1. The zero-order chi connectivity index (χ0) is 23.0. The topological polar surface area (TPSA) is 60.8 Å². The van der Waals surface area contributed by atoms with Gasteiger partial charge in [-0.05, 0) is 48.2 Å². The molecular formula is C25H27ClN2O4. The van der Waals surface area contributed by atoms with Crippen molar-refractivity contribution in [2.45, 2.75) is 19.3 Å². The molecule has 1 saturated heterocycles. The normalized spacial score (nSPS) is 16.1. The number of halogens is 1. The van der Waals surface area contributed by atoms with Crippen LogP contribution in [-0.4, -0.2) is 49.2 Å². The molecule has 1 aliphatic heterocycles. The van der Waals surface area contributed by atoms with Crippen molar-refractivity contribution in [1.29, 1.82) is 0 Å². The number of methoxy groups -OCH3 is 2. The number of hydrogen-bond acceptors (Lipinski definition) is 4. The van der Waals surface area contributed by atoms with Gasteiger partial charge >= 0.3 is 5.97 Å². The lowest BCUT2D eigenvalue weighted by Crippen LogP contribution is -2.23. The maximum Gasteiger partial charge on any atom is 0.337 e. The summed E-state index contributed by atoms with van der Waals surface area (Å²) in [6.45, 7) is 0.815. The van der Waals surface area contributed by atoms with Gasteiger partial charge < -0.3 is 18.9 Å². The Kier molecular flexibility index (Phi) is 6.15. The van der Waals surface area contributed by atoms with Crippen LogP contribution in [0.1, 0.15) is 33.5 Å². The van der Waals surface area contributed by atoms with Gasteiger partial charge in [0.1, 0.15) is 10.9 Å². The van der Waals surface area contributed by atoms with Crippen LogP contribution in [0.3, 0.4) is 0 Å². The summed E-state index contributed by atoms with van der Waals surface area (Å²) in [5, 5.41) is 1.72. The third kappa shape index (κ3) is 3.95. The monoisotopic (exact) mass is 454 g/mol. The van der Waals surface area contributed by atoms with Crippen LogP contribution in [0, 0.1) is 5.92 Å². The molecule has 0 bridgehead atoms. The van der Waals surface area contributed by atoms with E-state index in [1.807, 2.05) is 24.7 Å². The number of aromatic nitrogens is 1. The van der Waals surface area contributed by atoms with E-state index in [1.54, 1.807) is 24.1 Å². The highest BCUT2D eigenvalue weighted by Crippen LogP contribution is 2.35. The molecule has 7 heteroatoms. The third-order valence-electron chi connectivity index (χ3n) is 6.39. The average Bonchev–Trinajstić information content (AvgIpc) is 3.24. The van der Waals surface area contributed by atoms with Crippen molar-refractivity contribution < 1.29 is 19.1 Å². The number of carbonyl (C=O) groups is 2. The summed E-state index contributed by atoms with van der Waals surface area (Å²) in [5.74, 6) is 0.449. The fourth-order valence-electron chi connectivity index (χ4n) is 4.53. The first-order valence-electron chi connectivity index (χ1n) is 10.6. The lowest BCUT2D eigenvalue weighted by molar-refractivity contribution is -0.129. The molecule has 1 aliphatic rings. The molecule has 1 aromatic heterocycles. The van der Waals surface area contributed by atoms with E-state index < -0.39 is 5.97 Å². The van der Waals surface area contributed by atoms with Crippen molar-refractivity contribution in [3.63, 3.8) is 0 Å². The Bertz CT molecular complexity index is 1200. The molecular weight excluding hydrogens is 428 g/mol. The fraction of sp³-hybridized carbons (Fsp3) is 0.360. The number of benzene rings is 2. The van der Waals surface area contributed by atoms with Crippen LogP contribution in [0.25, 0.3) is 10.9 Å². The molecule has 3 aromatic rings. The number of fused-ring (bicyclic) bond motifs is 1. The van der Waals surface area contributed by atoms with Gasteiger partial charge in [-0.15, -0.1) is 0 Å². The highest BCUT2D eigenvalue weighted by atomic mass is 35.5. The van der Waals surface area contributed by atoms with Gasteiger partial charge in [0.05, 0.1) is 19.8 Å². The maximum absolute atomic E-state index is 12.4. The lowest BCUT2D eigenvalue weighted by Gasteiger charge is -2.12. The van der Waals surface area contributed by atoms with Crippen molar-refractivity contribution >= 4 is 34.4 Å². The number of esters is 1. The van der Waals surface area contributed by atoms with Gasteiger partial charge in [0.2, 0.25) is 5.91 Å². The predicted molar refractivity (Wildman–Crippen MR) is 125 cm³/mol. The molecule has 1 unspecified atom stereocenters. The average molecular weight is 455 g/mol. The molecule has 0 saturated carbocycles. The van der Waals surface area contributed by atoms with E-state index in [9.17, 15) is 9.59 Å². The van der Waals surface area contributed by atoms with Crippen LogP contribution in [0.4, 0.5) is 0 Å². The second-order valence-corrected chi connectivity index (χ2v) is 8.68. The van der Waals surface area contributed by atoms with Crippen LogP contribution in [-0.2, 0) is 29.4 Å². The summed E-state index contributed by atoms with van der Waals surface area (Å²) in [6.07, 6.45) is 2.16. The molecule has 2 heterocycles. The van der Waals surface area contributed by atoms with Crippen molar-refractivity contribution in [1.82, 2.24) is 9.47 Å². The summed E-state index contributed by atoms with van der Waals surface area (Å²) >= 11 is 6.74. The Morgan fingerprint density at radius 2 is 1.94 bits per heavy atom. The molecule has 32 heavy (non-hydrogen) atoms. The molecule has 6 nitrogen and oxygen atoms in total. The summed E-state index contributed by atoms with van der Waals surface area (Å²) in [7, 11) is 6.74. The number of carbonyl (C=O) groups excluding carboxylic acids is 2. The third-order valence-corrected chi connectivity index (χ3v) is 6.87. The van der Waals surface area contributed by atoms with Crippen molar-refractivity contribution in [2.75, 3.05) is 27.8 Å². The Labute approximate surface area is 192 Å². The van der Waals surface area contributed by atoms with Crippen molar-refractivity contribution in [3.8, 4) is 5.75 Å². The van der Waals surface area contributed by atoms with E-state index in [0.717, 1.165) is 47.0 Å². The Morgan fingerprint density at radius 1 is 1.16 bits per heavy atom. The van der Waals surface area contributed by atoms with Gasteiger partial charge in [-0.1, -0.05) is 23.7 Å². The highest BCUT2D eigenvalue weighted by Gasteiger charge is 2.29. The molecule has 0 spiro atoms. The molecule has 2 aromatic carbocycles. The second kappa shape index (κ2) is 8.87. The van der Waals surface area contributed by atoms with Crippen LogP contribution < -0.4 is 4.74 Å². The van der Waals surface area contributed by atoms with Gasteiger partial charge in [-0.3, -0.25) is 4.79 Å². The number of amides is 1. The quantitative estimate of drug-likeness (QED) is 0.523. The second-order valence-electron chi connectivity index (χ2n) is 8.32. The van der Waals surface area contributed by atoms with Gasteiger partial charge in [0.15, 0.2) is 0 Å². The minimum Gasteiger partial charge on any atom is -0.496 e. The van der Waals surface area contributed by atoms with Gasteiger partial charge in [-0.25, -0.2) is 4.79 Å². The Hall–Kier alpha value is -2.99. The first-order valence-corrected chi connectivity index (χ1v) is 11.0. The van der Waals surface area contributed by atoms with Crippen LogP contribution in [0.15, 0.2) is 36.4 Å². The van der Waals surface area contributed by atoms with E-state index in [4.69, 9.17) is 21.1 Å². The maximum atomic E-state index is 12.4. The minimum absolute atomic E-state index is 0.0334. The van der Waals surface area contributed by atoms with Gasteiger partial charge in [-0.2, -0.15) is 0 Å². The first kappa shape index (κ1) is 22.2. The van der Waals surface area contributed by atoms with Crippen LogP contribution >= 0.6 is 11.6 Å². The van der Waals surface area contributed by atoms with Gasteiger partial charge in [0, 0.05) is 49.4 Å². The predicted octanol–water partition coefficient (Wildman–Crippen LogP) is 4.24. The fourth-order valence-corrected chi connectivity index (χ4v) is 4.79. The molecule has 1 fully saturated rings. The molecule has 0 N–H and O–H groups in total. The smallest absolute Gasteiger partial charge is 0.337 e. The lowest BCUT2D eigenvalue weighted by atomic mass is 9.95. The number of likely N-dealkylation sites (tertiary alicyclic amines) is 1. The van der Waals surface area contributed by atoms with Crippen LogP contribution in [0.5, 0.6) is 5.75 Å². The summed E-state index contributed by atoms with van der Waals surface area (Å²) in [4.78, 5) is 26.0. The van der Waals surface area contributed by atoms with E-state index in [-0.39, 0.29) is 11.8 Å². The first-order chi connectivity index (χ1) is 15.3. The van der Waals surface area contributed by atoms with Gasteiger partial charge in [0.25, 0.3) is 0 Å². The Balaban J connectivity index is 1.70. The SMILES string of the molecule is COC(=O)c1ccc(Cc2c(Cl)n(C)c3ccc(CC4CCN(C)C4=O)cc23)c(OC)c1. The zero-order valence-corrected chi connectivity index (χ0v) is 19.5. The van der Waals surface area contributed by atoms with E-state index in [1.165, 1.54) is 7.11 Å². The van der Waals surface area contributed by atoms with E-state index in [0.29, 0.717) is 22.9 Å². The summed E-state index contributed by atoms with van der Waals surface area (Å²) in [5.41, 5.74) is 4.51. The van der Waals surface area contributed by atoms with Crippen LogP contribution in [0.2, 0.25) is 5.15 Å². The molecule has 4 rings (SSSR count). The summed E-state index contributed by atoms with van der Waals surface area (Å²) in [6, 6.07) is 11.6. The molecule has 0 radical (unpaired) electrons. The number of ether oxygens (including phenoxy) is 2. The number of rotatable bonds is 6. The summed E-state index contributed by atoms with van der Waals surface area (Å²) < 4.78 is 12.3. The van der Waals surface area contributed by atoms with Crippen molar-refractivity contribution in [3.05, 3.63) is 63.8 Å². The standard InChI is InChI=1S/C25H27ClN2O4/c1-27-10-9-17(24(27)29)11-15-5-8-21-19(12-15)20(23(26)28(21)2)13-16-6-7-18(25(30)32-4)14-22(16)31-3/h5-8,12,14,17H,9-11,13H2,1-4H3. The van der Waals surface area contributed by atoms with Crippen molar-refractivity contribution in [2.24, 2.45) is 13.0 Å². The minimum atomic E-state index is -0.408. The number of hydrogen-bond donors (Lipinski definition) is 0. The zero-order valence-electron chi connectivity index (χ0n) is 18.8. The molecule has 168 valence electrons. The molecule has 0 aliphatic carbocycles. The van der Waals surface area contributed by atoms with E-state index in [2.05, 4.69) is 18.2 Å². The Morgan fingerprint density at radius 3 is 2.59 bits per heavy atom. The number of nitrogens with zero attached hydrogens (tertiary/aromatic N) is 2. The molecule has 1 atom stereocenters. The largest absolute Gasteiger partial charge is 0.496 e. The van der Waals surface area contributed by atoms with E-state index >= 15 is 0 Å². The highest BCUT2D eigenvalue weighted by molar-refractivity contribution is 6.32.